The molecule has 2 N–H and O–H groups in total. The van der Waals surface area contributed by atoms with Crippen molar-refractivity contribution in [3.63, 3.8) is 0 Å². The average Bonchev–Trinajstić information content (AvgIpc) is 2.27. The van der Waals surface area contributed by atoms with E-state index in [0.717, 1.165) is 18.2 Å². The SMILES string of the molecule is CCCC(C)(NS(=O)(=O)c1ccc(F)cc1C)C(=O)O. The number of hydrogen-bond acceptors (Lipinski definition) is 3. The maximum atomic E-state index is 13.0. The minimum absolute atomic E-state index is 0.123. The second-order valence-corrected chi connectivity index (χ2v) is 6.55. The van der Waals surface area contributed by atoms with E-state index in [9.17, 15) is 22.7 Å². The van der Waals surface area contributed by atoms with Crippen LogP contribution in [0.1, 0.15) is 32.3 Å². The van der Waals surface area contributed by atoms with Crippen molar-refractivity contribution < 1.29 is 22.7 Å². The monoisotopic (exact) mass is 303 g/mol. The predicted molar refractivity (Wildman–Crippen MR) is 72.4 cm³/mol. The molecule has 112 valence electrons. The van der Waals surface area contributed by atoms with Crippen LogP contribution in [0.4, 0.5) is 4.39 Å². The summed E-state index contributed by atoms with van der Waals surface area (Å²) in [5.41, 5.74) is -1.37. The fourth-order valence-corrected chi connectivity index (χ4v) is 3.59. The lowest BCUT2D eigenvalue weighted by molar-refractivity contribution is -0.143. The Labute approximate surface area is 117 Å². The van der Waals surface area contributed by atoms with Crippen molar-refractivity contribution in [2.24, 2.45) is 0 Å². The molecule has 5 nitrogen and oxygen atoms in total. The van der Waals surface area contributed by atoms with Crippen molar-refractivity contribution in [1.29, 1.82) is 0 Å². The van der Waals surface area contributed by atoms with E-state index in [2.05, 4.69) is 4.72 Å². The third-order valence-corrected chi connectivity index (χ3v) is 4.76. The van der Waals surface area contributed by atoms with Gasteiger partial charge in [-0.3, -0.25) is 4.79 Å². The van der Waals surface area contributed by atoms with Gasteiger partial charge < -0.3 is 5.11 Å². The van der Waals surface area contributed by atoms with E-state index in [4.69, 9.17) is 0 Å². The van der Waals surface area contributed by atoms with Gasteiger partial charge in [0.25, 0.3) is 0 Å². The molecule has 0 aliphatic heterocycles. The maximum Gasteiger partial charge on any atom is 0.324 e. The predicted octanol–water partition coefficient (Wildman–Crippen LogP) is 2.06. The van der Waals surface area contributed by atoms with Crippen LogP contribution in [0.3, 0.4) is 0 Å². The molecular formula is C13H18FNO4S. The maximum absolute atomic E-state index is 13.0. The first-order chi connectivity index (χ1) is 9.12. The van der Waals surface area contributed by atoms with Crippen molar-refractivity contribution in [2.45, 2.75) is 44.0 Å². The summed E-state index contributed by atoms with van der Waals surface area (Å²) in [7, 11) is -4.03. The second-order valence-electron chi connectivity index (χ2n) is 4.90. The van der Waals surface area contributed by atoms with Crippen LogP contribution in [-0.2, 0) is 14.8 Å². The molecule has 0 saturated carbocycles. The van der Waals surface area contributed by atoms with Crippen molar-refractivity contribution in [1.82, 2.24) is 4.72 Å². The highest BCUT2D eigenvalue weighted by Crippen LogP contribution is 2.21. The molecule has 0 heterocycles. The second kappa shape index (κ2) is 5.88. The Morgan fingerprint density at radius 2 is 2.05 bits per heavy atom. The Balaban J connectivity index is 3.20. The summed E-state index contributed by atoms with van der Waals surface area (Å²) in [4.78, 5) is 11.1. The number of sulfonamides is 1. The van der Waals surface area contributed by atoms with Gasteiger partial charge in [-0.05, 0) is 44.0 Å². The van der Waals surface area contributed by atoms with Gasteiger partial charge in [0.1, 0.15) is 11.4 Å². The molecule has 20 heavy (non-hydrogen) atoms. The first-order valence-electron chi connectivity index (χ1n) is 6.16. The molecule has 0 spiro atoms. The van der Waals surface area contributed by atoms with Crippen LogP contribution >= 0.6 is 0 Å². The van der Waals surface area contributed by atoms with E-state index in [1.165, 1.54) is 13.8 Å². The van der Waals surface area contributed by atoms with E-state index < -0.39 is 27.3 Å². The van der Waals surface area contributed by atoms with Crippen LogP contribution in [0.2, 0.25) is 0 Å². The molecule has 0 saturated heterocycles. The zero-order chi connectivity index (χ0) is 15.6. The number of aryl methyl sites for hydroxylation is 1. The van der Waals surface area contributed by atoms with E-state index in [1.807, 2.05) is 0 Å². The van der Waals surface area contributed by atoms with Gasteiger partial charge >= 0.3 is 5.97 Å². The number of carboxylic acids is 1. The molecule has 1 rings (SSSR count). The molecule has 0 aliphatic carbocycles. The number of benzene rings is 1. The third kappa shape index (κ3) is 3.55. The molecule has 0 aliphatic rings. The largest absolute Gasteiger partial charge is 0.480 e. The molecular weight excluding hydrogens is 285 g/mol. The molecule has 1 atom stereocenters. The Morgan fingerprint density at radius 1 is 1.45 bits per heavy atom. The molecule has 0 bridgehead atoms. The van der Waals surface area contributed by atoms with Gasteiger partial charge in [0, 0.05) is 0 Å². The van der Waals surface area contributed by atoms with E-state index in [0.29, 0.717) is 6.42 Å². The van der Waals surface area contributed by atoms with Crippen LogP contribution in [0.15, 0.2) is 23.1 Å². The van der Waals surface area contributed by atoms with Crippen LogP contribution in [0.25, 0.3) is 0 Å². The Hall–Kier alpha value is -1.47. The van der Waals surface area contributed by atoms with Crippen LogP contribution < -0.4 is 4.72 Å². The van der Waals surface area contributed by atoms with Crippen molar-refractivity contribution >= 4 is 16.0 Å². The average molecular weight is 303 g/mol. The van der Waals surface area contributed by atoms with E-state index >= 15 is 0 Å². The van der Waals surface area contributed by atoms with Gasteiger partial charge in [-0.1, -0.05) is 13.3 Å². The van der Waals surface area contributed by atoms with Crippen LogP contribution in [-0.4, -0.2) is 25.0 Å². The van der Waals surface area contributed by atoms with Crippen LogP contribution in [0.5, 0.6) is 0 Å². The number of carboxylic acid groups (broad SMARTS) is 1. The molecule has 1 aromatic carbocycles. The molecule has 7 heteroatoms. The van der Waals surface area contributed by atoms with E-state index in [-0.39, 0.29) is 16.9 Å². The lowest BCUT2D eigenvalue weighted by Gasteiger charge is -2.25. The van der Waals surface area contributed by atoms with Gasteiger partial charge in [-0.2, -0.15) is 4.72 Å². The molecule has 0 amide bonds. The molecule has 0 radical (unpaired) electrons. The zero-order valence-corrected chi connectivity index (χ0v) is 12.4. The van der Waals surface area contributed by atoms with Crippen molar-refractivity contribution in [3.8, 4) is 0 Å². The zero-order valence-electron chi connectivity index (χ0n) is 11.6. The van der Waals surface area contributed by atoms with Gasteiger partial charge in [0.15, 0.2) is 0 Å². The lowest BCUT2D eigenvalue weighted by Crippen LogP contribution is -2.52. The topological polar surface area (TPSA) is 83.5 Å². The van der Waals surface area contributed by atoms with Gasteiger partial charge in [0.05, 0.1) is 4.90 Å². The highest BCUT2D eigenvalue weighted by Gasteiger charge is 2.37. The minimum atomic E-state index is -4.03. The highest BCUT2D eigenvalue weighted by atomic mass is 32.2. The number of aliphatic carboxylic acids is 1. The molecule has 1 unspecified atom stereocenters. The third-order valence-electron chi connectivity index (χ3n) is 3.01. The Morgan fingerprint density at radius 3 is 2.50 bits per heavy atom. The first kappa shape index (κ1) is 16.6. The molecule has 0 fully saturated rings. The van der Waals surface area contributed by atoms with Crippen molar-refractivity contribution in [3.05, 3.63) is 29.6 Å². The number of halogens is 1. The normalized spacial score (nSPS) is 14.8. The summed E-state index contributed by atoms with van der Waals surface area (Å²) in [6.45, 7) is 4.53. The molecule has 0 aromatic heterocycles. The smallest absolute Gasteiger partial charge is 0.324 e. The lowest BCUT2D eigenvalue weighted by atomic mass is 9.98. The minimum Gasteiger partial charge on any atom is -0.480 e. The fourth-order valence-electron chi connectivity index (χ4n) is 1.97. The Bertz CT molecular complexity index is 615. The summed E-state index contributed by atoms with van der Waals surface area (Å²) < 4.78 is 39.7. The van der Waals surface area contributed by atoms with Gasteiger partial charge in [-0.15, -0.1) is 0 Å². The van der Waals surface area contributed by atoms with Crippen LogP contribution in [0, 0.1) is 12.7 Å². The quantitative estimate of drug-likeness (QED) is 0.842. The number of nitrogens with one attached hydrogen (secondary N) is 1. The van der Waals surface area contributed by atoms with Gasteiger partial charge in [0.2, 0.25) is 10.0 Å². The summed E-state index contributed by atoms with van der Waals surface area (Å²) in [6.07, 6.45) is 0.662. The summed E-state index contributed by atoms with van der Waals surface area (Å²) in [5, 5.41) is 9.20. The summed E-state index contributed by atoms with van der Waals surface area (Å²) in [6, 6.07) is 3.24. The molecule has 1 aromatic rings. The fraction of sp³-hybridized carbons (Fsp3) is 0.462. The number of hydrogen-bond donors (Lipinski definition) is 2. The van der Waals surface area contributed by atoms with Gasteiger partial charge in [-0.25, -0.2) is 12.8 Å². The summed E-state index contributed by atoms with van der Waals surface area (Å²) in [5.74, 6) is -1.79. The Kier molecular flexibility index (Phi) is 4.88. The number of rotatable bonds is 6. The number of carbonyl (C=O) groups is 1. The summed E-state index contributed by atoms with van der Waals surface area (Å²) >= 11 is 0. The standard InChI is InChI=1S/C13H18FNO4S/c1-4-7-13(3,12(16)17)15-20(18,19)11-6-5-10(14)8-9(11)2/h5-6,8,15H,4,7H2,1-3H3,(H,16,17). The first-order valence-corrected chi connectivity index (χ1v) is 7.64. The highest BCUT2D eigenvalue weighted by molar-refractivity contribution is 7.89. The van der Waals surface area contributed by atoms with E-state index in [1.54, 1.807) is 6.92 Å². The van der Waals surface area contributed by atoms with Crippen molar-refractivity contribution in [2.75, 3.05) is 0 Å².